The van der Waals surface area contributed by atoms with Gasteiger partial charge in [0.1, 0.15) is 6.61 Å². The zero-order valence-corrected chi connectivity index (χ0v) is 17.0. The van der Waals surface area contributed by atoms with E-state index in [1.165, 1.54) is 46.9 Å². The number of rotatable bonds is 8. The van der Waals surface area contributed by atoms with E-state index in [2.05, 4.69) is 9.71 Å². The maximum atomic E-state index is 12.5. The Morgan fingerprint density at radius 2 is 2.07 bits per heavy atom. The van der Waals surface area contributed by atoms with E-state index in [0.29, 0.717) is 5.69 Å². The molecule has 0 spiro atoms. The number of carbonyl (C=O) groups excluding carboxylic acids is 1. The van der Waals surface area contributed by atoms with E-state index in [1.54, 1.807) is 0 Å². The fourth-order valence-electron chi connectivity index (χ4n) is 2.25. The summed E-state index contributed by atoms with van der Waals surface area (Å²) in [6.07, 6.45) is 0.830. The van der Waals surface area contributed by atoms with Gasteiger partial charge in [-0.1, -0.05) is 19.1 Å². The van der Waals surface area contributed by atoms with Gasteiger partial charge in [0.2, 0.25) is 10.0 Å². The molecule has 1 aromatic carbocycles. The molecule has 0 saturated carbocycles. The van der Waals surface area contributed by atoms with Crippen LogP contribution in [-0.2, 0) is 34.3 Å². The molecule has 6 nitrogen and oxygen atoms in total. The third kappa shape index (κ3) is 5.23. The van der Waals surface area contributed by atoms with Crippen LogP contribution in [0.25, 0.3) is 0 Å². The molecule has 2 aromatic heterocycles. The summed E-state index contributed by atoms with van der Waals surface area (Å²) >= 11 is 2.99. The Kier molecular flexibility index (Phi) is 6.38. The zero-order chi connectivity index (χ0) is 19.3. The van der Waals surface area contributed by atoms with Gasteiger partial charge in [-0.05, 0) is 36.1 Å². The van der Waals surface area contributed by atoms with E-state index >= 15 is 0 Å². The standard InChI is InChI=1S/C18H18N2O4S3/c1-2-17-20-14(12-26-17)11-24-18(21)13-5-3-7-16(9-13)27(22,23)19-10-15-6-4-8-25-15/h3-9,12,19H,2,10-11H2,1H3. The van der Waals surface area contributed by atoms with Crippen LogP contribution in [0, 0.1) is 0 Å². The van der Waals surface area contributed by atoms with Gasteiger partial charge in [0, 0.05) is 16.8 Å². The molecular weight excluding hydrogens is 404 g/mol. The average Bonchev–Trinajstić information content (AvgIpc) is 3.36. The number of nitrogens with one attached hydrogen (secondary N) is 1. The number of thiophene rings is 1. The van der Waals surface area contributed by atoms with E-state index in [-0.39, 0.29) is 23.6 Å². The van der Waals surface area contributed by atoms with Crippen LogP contribution in [-0.4, -0.2) is 19.4 Å². The second-order valence-electron chi connectivity index (χ2n) is 5.59. The first kappa shape index (κ1) is 19.7. The number of sulfonamides is 1. The lowest BCUT2D eigenvalue weighted by molar-refractivity contribution is 0.0468. The Morgan fingerprint density at radius 1 is 1.22 bits per heavy atom. The number of nitrogens with zero attached hydrogens (tertiary/aromatic N) is 1. The van der Waals surface area contributed by atoms with Crippen LogP contribution in [0.2, 0.25) is 0 Å². The van der Waals surface area contributed by atoms with Crippen LogP contribution in [0.5, 0.6) is 0 Å². The van der Waals surface area contributed by atoms with Crippen LogP contribution in [0.15, 0.2) is 52.1 Å². The molecule has 3 rings (SSSR count). The predicted molar refractivity (Wildman–Crippen MR) is 105 cm³/mol. The number of esters is 1. The Labute approximate surface area is 165 Å². The maximum Gasteiger partial charge on any atom is 0.338 e. The highest BCUT2D eigenvalue weighted by molar-refractivity contribution is 7.89. The van der Waals surface area contributed by atoms with Gasteiger partial charge in [0.15, 0.2) is 0 Å². The van der Waals surface area contributed by atoms with Crippen molar-refractivity contribution < 1.29 is 17.9 Å². The summed E-state index contributed by atoms with van der Waals surface area (Å²) in [6, 6.07) is 9.52. The van der Waals surface area contributed by atoms with Gasteiger partial charge < -0.3 is 4.74 Å². The van der Waals surface area contributed by atoms with E-state index in [4.69, 9.17) is 4.74 Å². The van der Waals surface area contributed by atoms with E-state index in [1.807, 2.05) is 29.8 Å². The molecule has 0 bridgehead atoms. The molecule has 0 saturated heterocycles. The van der Waals surface area contributed by atoms with E-state index < -0.39 is 16.0 Å². The van der Waals surface area contributed by atoms with Crippen molar-refractivity contribution in [1.29, 1.82) is 0 Å². The van der Waals surface area contributed by atoms with E-state index in [0.717, 1.165) is 16.3 Å². The van der Waals surface area contributed by atoms with Crippen molar-refractivity contribution in [1.82, 2.24) is 9.71 Å². The molecule has 2 heterocycles. The Bertz CT molecular complexity index is 1010. The molecule has 0 aliphatic rings. The molecule has 1 N–H and O–H groups in total. The van der Waals surface area contributed by atoms with Crippen molar-refractivity contribution in [2.75, 3.05) is 0 Å². The molecule has 0 fully saturated rings. The Balaban J connectivity index is 1.65. The Morgan fingerprint density at radius 3 is 2.78 bits per heavy atom. The van der Waals surface area contributed by atoms with Crippen molar-refractivity contribution in [3.05, 3.63) is 68.3 Å². The SMILES string of the molecule is CCc1nc(COC(=O)c2cccc(S(=O)(=O)NCc3cccs3)c2)cs1. The van der Waals surface area contributed by atoms with Gasteiger partial charge in [-0.3, -0.25) is 0 Å². The molecule has 0 radical (unpaired) electrons. The molecule has 0 unspecified atom stereocenters. The van der Waals surface area contributed by atoms with Crippen molar-refractivity contribution in [3.8, 4) is 0 Å². The van der Waals surface area contributed by atoms with Crippen molar-refractivity contribution >= 4 is 38.7 Å². The largest absolute Gasteiger partial charge is 0.456 e. The highest BCUT2D eigenvalue weighted by Crippen LogP contribution is 2.16. The minimum absolute atomic E-state index is 0.0235. The number of carbonyl (C=O) groups is 1. The second-order valence-corrected chi connectivity index (χ2v) is 9.34. The monoisotopic (exact) mass is 422 g/mol. The maximum absolute atomic E-state index is 12.5. The summed E-state index contributed by atoms with van der Waals surface area (Å²) in [5.74, 6) is -0.587. The fraction of sp³-hybridized carbons (Fsp3) is 0.222. The molecule has 3 aromatic rings. The zero-order valence-electron chi connectivity index (χ0n) is 14.5. The van der Waals surface area contributed by atoms with Crippen LogP contribution in [0.3, 0.4) is 0 Å². The third-order valence-electron chi connectivity index (χ3n) is 3.65. The average molecular weight is 423 g/mol. The fourth-order valence-corrected chi connectivity index (χ4v) is 4.77. The van der Waals surface area contributed by atoms with Gasteiger partial charge in [0.25, 0.3) is 0 Å². The summed E-state index contributed by atoms with van der Waals surface area (Å²) in [5.41, 5.74) is 0.867. The third-order valence-corrected chi connectivity index (χ3v) is 6.97. The van der Waals surface area contributed by atoms with Crippen LogP contribution >= 0.6 is 22.7 Å². The molecular formula is C18H18N2O4S3. The van der Waals surface area contributed by atoms with Crippen LogP contribution in [0.4, 0.5) is 0 Å². The molecule has 0 atom stereocenters. The van der Waals surface area contributed by atoms with Gasteiger partial charge >= 0.3 is 5.97 Å². The summed E-state index contributed by atoms with van der Waals surface area (Å²) in [7, 11) is -3.72. The van der Waals surface area contributed by atoms with Crippen molar-refractivity contribution in [2.45, 2.75) is 31.4 Å². The van der Waals surface area contributed by atoms with Gasteiger partial charge in [-0.15, -0.1) is 22.7 Å². The molecule has 0 amide bonds. The number of thiazole rings is 1. The highest BCUT2D eigenvalue weighted by atomic mass is 32.2. The molecule has 27 heavy (non-hydrogen) atoms. The van der Waals surface area contributed by atoms with Gasteiger partial charge in [0.05, 0.1) is 21.2 Å². The van der Waals surface area contributed by atoms with Crippen molar-refractivity contribution in [3.63, 3.8) is 0 Å². The molecule has 142 valence electrons. The number of hydrogen-bond acceptors (Lipinski definition) is 7. The molecule has 0 aliphatic carbocycles. The summed E-state index contributed by atoms with van der Waals surface area (Å²) in [5, 5.41) is 4.71. The predicted octanol–water partition coefficient (Wildman–Crippen LogP) is 3.60. The minimum atomic E-state index is -3.72. The number of aryl methyl sites for hydroxylation is 1. The normalized spacial score (nSPS) is 11.4. The minimum Gasteiger partial charge on any atom is -0.456 e. The van der Waals surface area contributed by atoms with E-state index in [9.17, 15) is 13.2 Å². The smallest absolute Gasteiger partial charge is 0.338 e. The number of benzene rings is 1. The van der Waals surface area contributed by atoms with Gasteiger partial charge in [-0.25, -0.2) is 22.9 Å². The summed E-state index contributed by atoms with van der Waals surface area (Å²) in [6.45, 7) is 2.27. The van der Waals surface area contributed by atoms with Crippen molar-refractivity contribution in [2.24, 2.45) is 0 Å². The first-order chi connectivity index (χ1) is 13.0. The molecule has 0 aliphatic heterocycles. The lowest BCUT2D eigenvalue weighted by atomic mass is 10.2. The topological polar surface area (TPSA) is 85.4 Å². The lowest BCUT2D eigenvalue weighted by Gasteiger charge is -2.08. The summed E-state index contributed by atoms with van der Waals surface area (Å²) in [4.78, 5) is 17.5. The quantitative estimate of drug-likeness (QED) is 0.561. The molecule has 9 heteroatoms. The number of aromatic nitrogens is 1. The lowest BCUT2D eigenvalue weighted by Crippen LogP contribution is -2.23. The highest BCUT2D eigenvalue weighted by Gasteiger charge is 2.17. The number of hydrogen-bond donors (Lipinski definition) is 1. The van der Waals surface area contributed by atoms with Crippen LogP contribution < -0.4 is 4.72 Å². The second kappa shape index (κ2) is 8.75. The summed E-state index contributed by atoms with van der Waals surface area (Å²) < 4.78 is 32.7. The first-order valence-corrected chi connectivity index (χ1v) is 11.4. The van der Waals surface area contributed by atoms with Gasteiger partial charge in [-0.2, -0.15) is 0 Å². The number of ether oxygens (including phenoxy) is 1. The Hall–Kier alpha value is -2.07. The first-order valence-electron chi connectivity index (χ1n) is 8.20. The van der Waals surface area contributed by atoms with Crippen LogP contribution in [0.1, 0.15) is 32.9 Å².